The standard InChI is InChI=1S/C18H22O6/c1-3-21-16(19)13-12-14(13)18(20-2)23-11-9-22-17(24-15(11)12)10-7-5-4-6-8-10/h4-8,11-15,17-18H,3,9H2,1-2H3. The summed E-state index contributed by atoms with van der Waals surface area (Å²) < 4.78 is 28.6. The van der Waals surface area contributed by atoms with E-state index in [1.165, 1.54) is 0 Å². The Morgan fingerprint density at radius 3 is 2.71 bits per heavy atom. The number of esters is 1. The molecule has 0 radical (unpaired) electrons. The first-order valence-electron chi connectivity index (χ1n) is 8.41. The van der Waals surface area contributed by atoms with Crippen molar-refractivity contribution in [2.75, 3.05) is 20.3 Å². The molecule has 0 bridgehead atoms. The Bertz CT molecular complexity index is 590. The van der Waals surface area contributed by atoms with Crippen molar-refractivity contribution >= 4 is 5.97 Å². The largest absolute Gasteiger partial charge is 0.466 e. The van der Waals surface area contributed by atoms with Crippen LogP contribution in [0.2, 0.25) is 0 Å². The molecule has 4 rings (SSSR count). The third-order valence-electron chi connectivity index (χ3n) is 5.06. The second-order valence-electron chi connectivity index (χ2n) is 6.39. The van der Waals surface area contributed by atoms with Gasteiger partial charge in [-0.1, -0.05) is 30.3 Å². The summed E-state index contributed by atoms with van der Waals surface area (Å²) in [4.78, 5) is 12.2. The summed E-state index contributed by atoms with van der Waals surface area (Å²) in [6.45, 7) is 2.61. The van der Waals surface area contributed by atoms with Crippen LogP contribution in [-0.2, 0) is 28.5 Å². The first-order chi connectivity index (χ1) is 11.7. The van der Waals surface area contributed by atoms with E-state index in [0.29, 0.717) is 13.2 Å². The monoisotopic (exact) mass is 334 g/mol. The van der Waals surface area contributed by atoms with E-state index in [-0.39, 0.29) is 35.9 Å². The van der Waals surface area contributed by atoms with Gasteiger partial charge in [-0.3, -0.25) is 4.79 Å². The summed E-state index contributed by atoms with van der Waals surface area (Å²) in [6.07, 6.45) is -1.25. The Balaban J connectivity index is 1.52. The van der Waals surface area contributed by atoms with Crippen LogP contribution in [0.5, 0.6) is 0 Å². The second kappa shape index (κ2) is 6.44. The molecule has 0 amide bonds. The topological polar surface area (TPSA) is 63.2 Å². The fourth-order valence-corrected chi connectivity index (χ4v) is 3.95. The molecule has 0 aromatic heterocycles. The number of carbonyl (C=O) groups is 1. The van der Waals surface area contributed by atoms with Crippen LogP contribution < -0.4 is 0 Å². The van der Waals surface area contributed by atoms with E-state index in [1.54, 1.807) is 7.11 Å². The van der Waals surface area contributed by atoms with Crippen LogP contribution in [0.3, 0.4) is 0 Å². The average Bonchev–Trinajstić information content (AvgIpc) is 3.38. The number of carbonyl (C=O) groups excluding carboxylic acids is 1. The molecule has 24 heavy (non-hydrogen) atoms. The number of ether oxygens (including phenoxy) is 5. The van der Waals surface area contributed by atoms with Gasteiger partial charge >= 0.3 is 5.97 Å². The molecule has 1 aromatic rings. The SMILES string of the molecule is CCOC(=O)C1C2C(OC)OC3COC(c4ccccc4)OC3C12. The van der Waals surface area contributed by atoms with Gasteiger partial charge in [-0.25, -0.2) is 0 Å². The van der Waals surface area contributed by atoms with Crippen LogP contribution in [0.1, 0.15) is 18.8 Å². The maximum absolute atomic E-state index is 12.2. The summed E-state index contributed by atoms with van der Waals surface area (Å²) in [5.74, 6) is -0.364. The fourth-order valence-electron chi connectivity index (χ4n) is 3.95. The van der Waals surface area contributed by atoms with Crippen molar-refractivity contribution < 1.29 is 28.5 Å². The number of rotatable bonds is 4. The van der Waals surface area contributed by atoms with Gasteiger partial charge in [0.1, 0.15) is 6.10 Å². The van der Waals surface area contributed by atoms with Gasteiger partial charge in [0.2, 0.25) is 0 Å². The maximum atomic E-state index is 12.2. The minimum absolute atomic E-state index is 0.00942. The van der Waals surface area contributed by atoms with E-state index in [4.69, 9.17) is 23.7 Å². The lowest BCUT2D eigenvalue weighted by molar-refractivity contribution is -0.316. The lowest BCUT2D eigenvalue weighted by Gasteiger charge is -2.41. The van der Waals surface area contributed by atoms with Gasteiger partial charge in [0.25, 0.3) is 0 Å². The first-order valence-corrected chi connectivity index (χ1v) is 8.41. The van der Waals surface area contributed by atoms with Gasteiger partial charge in [0.15, 0.2) is 12.6 Å². The van der Waals surface area contributed by atoms with E-state index in [1.807, 2.05) is 37.3 Å². The van der Waals surface area contributed by atoms with Crippen molar-refractivity contribution in [2.45, 2.75) is 31.7 Å². The molecular formula is C18H22O6. The van der Waals surface area contributed by atoms with Gasteiger partial charge in [0.05, 0.1) is 25.2 Å². The molecule has 130 valence electrons. The van der Waals surface area contributed by atoms with Crippen molar-refractivity contribution in [1.29, 1.82) is 0 Å². The Kier molecular flexibility index (Phi) is 4.30. The third kappa shape index (κ3) is 2.63. The van der Waals surface area contributed by atoms with Crippen molar-refractivity contribution in [3.8, 4) is 0 Å². The number of hydrogen-bond donors (Lipinski definition) is 0. The van der Waals surface area contributed by atoms with E-state index in [9.17, 15) is 4.79 Å². The van der Waals surface area contributed by atoms with Crippen LogP contribution in [0.25, 0.3) is 0 Å². The predicted molar refractivity (Wildman–Crippen MR) is 82.8 cm³/mol. The molecule has 0 spiro atoms. The molecule has 6 heteroatoms. The molecule has 3 fully saturated rings. The molecule has 2 heterocycles. The molecule has 1 aromatic carbocycles. The predicted octanol–water partition coefficient (Wildman–Crippen LogP) is 1.90. The maximum Gasteiger partial charge on any atom is 0.309 e. The smallest absolute Gasteiger partial charge is 0.309 e. The summed E-state index contributed by atoms with van der Waals surface area (Å²) in [5, 5.41) is 0. The van der Waals surface area contributed by atoms with E-state index >= 15 is 0 Å². The highest BCUT2D eigenvalue weighted by atomic mass is 16.7. The van der Waals surface area contributed by atoms with E-state index < -0.39 is 12.6 Å². The lowest BCUT2D eigenvalue weighted by Crippen LogP contribution is -2.49. The quantitative estimate of drug-likeness (QED) is 0.784. The Hall–Kier alpha value is -1.47. The van der Waals surface area contributed by atoms with Crippen molar-refractivity contribution in [2.24, 2.45) is 17.8 Å². The molecule has 7 unspecified atom stereocenters. The lowest BCUT2D eigenvalue weighted by atomic mass is 10.0. The summed E-state index contributed by atoms with van der Waals surface area (Å²) in [5.41, 5.74) is 0.967. The molecule has 2 aliphatic heterocycles. The zero-order valence-corrected chi connectivity index (χ0v) is 13.8. The van der Waals surface area contributed by atoms with Gasteiger partial charge in [-0.15, -0.1) is 0 Å². The number of methoxy groups -OCH3 is 1. The minimum Gasteiger partial charge on any atom is -0.466 e. The van der Waals surface area contributed by atoms with Gasteiger partial charge < -0.3 is 23.7 Å². The van der Waals surface area contributed by atoms with Crippen LogP contribution in [0, 0.1) is 17.8 Å². The Morgan fingerprint density at radius 1 is 1.21 bits per heavy atom. The second-order valence-corrected chi connectivity index (χ2v) is 6.39. The molecule has 6 nitrogen and oxygen atoms in total. The molecule has 2 saturated heterocycles. The molecule has 3 aliphatic rings. The first kappa shape index (κ1) is 16.0. The number of benzene rings is 1. The van der Waals surface area contributed by atoms with Crippen LogP contribution in [0.15, 0.2) is 30.3 Å². The summed E-state index contributed by atoms with van der Waals surface area (Å²) in [6, 6.07) is 9.80. The molecule has 7 atom stereocenters. The molecule has 1 saturated carbocycles. The van der Waals surface area contributed by atoms with Gasteiger partial charge in [0, 0.05) is 24.5 Å². The zero-order valence-electron chi connectivity index (χ0n) is 13.8. The highest BCUT2D eigenvalue weighted by molar-refractivity contribution is 5.77. The van der Waals surface area contributed by atoms with Crippen LogP contribution in [0.4, 0.5) is 0 Å². The van der Waals surface area contributed by atoms with Crippen molar-refractivity contribution in [3.05, 3.63) is 35.9 Å². The number of hydrogen-bond acceptors (Lipinski definition) is 6. The van der Waals surface area contributed by atoms with Crippen LogP contribution >= 0.6 is 0 Å². The van der Waals surface area contributed by atoms with Gasteiger partial charge in [-0.05, 0) is 6.92 Å². The zero-order chi connectivity index (χ0) is 16.7. The van der Waals surface area contributed by atoms with Gasteiger partial charge in [-0.2, -0.15) is 0 Å². The highest BCUT2D eigenvalue weighted by Gasteiger charge is 2.69. The van der Waals surface area contributed by atoms with Crippen molar-refractivity contribution in [3.63, 3.8) is 0 Å². The van der Waals surface area contributed by atoms with Crippen LogP contribution in [-0.4, -0.2) is 44.8 Å². The molecular weight excluding hydrogens is 312 g/mol. The number of fused-ring (bicyclic) bond motifs is 3. The minimum atomic E-state index is -0.431. The van der Waals surface area contributed by atoms with E-state index in [2.05, 4.69) is 0 Å². The fraction of sp³-hybridized carbons (Fsp3) is 0.611. The normalized spacial score (nSPS) is 40.3. The Labute approximate surface area is 141 Å². The summed E-state index contributed by atoms with van der Waals surface area (Å²) >= 11 is 0. The molecule has 0 N–H and O–H groups in total. The average molecular weight is 334 g/mol. The summed E-state index contributed by atoms with van der Waals surface area (Å²) in [7, 11) is 1.60. The van der Waals surface area contributed by atoms with E-state index in [0.717, 1.165) is 5.56 Å². The third-order valence-corrected chi connectivity index (χ3v) is 5.06. The highest BCUT2D eigenvalue weighted by Crippen LogP contribution is 2.58. The van der Waals surface area contributed by atoms with Crippen molar-refractivity contribution in [1.82, 2.24) is 0 Å². The Morgan fingerprint density at radius 2 is 2.00 bits per heavy atom. The molecule has 1 aliphatic carbocycles.